The number of imidazole rings is 1. The first-order chi connectivity index (χ1) is 14.2. The number of rotatable bonds is 8. The van der Waals surface area contributed by atoms with E-state index in [-0.39, 0.29) is 5.91 Å². The van der Waals surface area contributed by atoms with Crippen molar-refractivity contribution in [3.8, 4) is 5.75 Å². The van der Waals surface area contributed by atoms with Crippen molar-refractivity contribution in [2.45, 2.75) is 26.4 Å². The number of ether oxygens (including phenoxy) is 1. The van der Waals surface area contributed by atoms with Gasteiger partial charge < -0.3 is 14.6 Å². The molecule has 2 heterocycles. The van der Waals surface area contributed by atoms with Crippen LogP contribution in [0.5, 0.6) is 5.75 Å². The van der Waals surface area contributed by atoms with Crippen molar-refractivity contribution >= 4 is 28.3 Å². The third-order valence-electron chi connectivity index (χ3n) is 4.80. The van der Waals surface area contributed by atoms with E-state index in [2.05, 4.69) is 28.9 Å². The number of benzene rings is 2. The summed E-state index contributed by atoms with van der Waals surface area (Å²) in [5.74, 6) is 1.60. The molecule has 2 aromatic carbocycles. The lowest BCUT2D eigenvalue weighted by Gasteiger charge is -2.11. The maximum absolute atomic E-state index is 12.3. The quantitative estimate of drug-likeness (QED) is 0.463. The van der Waals surface area contributed by atoms with Crippen LogP contribution in [0.1, 0.15) is 28.0 Å². The molecule has 4 rings (SSSR count). The topological polar surface area (TPSA) is 56.1 Å². The highest BCUT2D eigenvalue weighted by Gasteiger charge is 2.13. The van der Waals surface area contributed by atoms with Gasteiger partial charge in [0, 0.05) is 0 Å². The van der Waals surface area contributed by atoms with Crippen molar-refractivity contribution in [3.05, 3.63) is 82.3 Å². The van der Waals surface area contributed by atoms with Crippen molar-refractivity contribution in [1.82, 2.24) is 14.9 Å². The zero-order chi connectivity index (χ0) is 20.1. The maximum Gasteiger partial charge on any atom is 0.261 e. The standard InChI is InChI=1S/C23H23N3O2S/c1-2-17-9-11-18(12-10-17)28-14-13-26-20-7-4-3-6-19(20)25-22(26)16-24-23(27)21-8-5-15-29-21/h3-12,15H,2,13-14,16H2,1H3,(H,24,27). The predicted octanol–water partition coefficient (Wildman–Crippen LogP) is 4.67. The molecule has 1 amide bonds. The molecule has 0 aliphatic carbocycles. The molecule has 0 spiro atoms. The number of hydrogen-bond acceptors (Lipinski definition) is 4. The number of carbonyl (C=O) groups is 1. The minimum atomic E-state index is -0.0779. The number of aryl methyl sites for hydroxylation is 1. The molecule has 0 saturated heterocycles. The van der Waals surface area contributed by atoms with E-state index in [9.17, 15) is 4.79 Å². The van der Waals surface area contributed by atoms with E-state index in [0.717, 1.165) is 29.0 Å². The van der Waals surface area contributed by atoms with E-state index in [1.807, 2.05) is 53.9 Å². The molecule has 1 N–H and O–H groups in total. The average Bonchev–Trinajstić information content (AvgIpc) is 3.41. The highest BCUT2D eigenvalue weighted by Crippen LogP contribution is 2.18. The zero-order valence-electron chi connectivity index (χ0n) is 16.3. The van der Waals surface area contributed by atoms with E-state index >= 15 is 0 Å². The van der Waals surface area contributed by atoms with Crippen LogP contribution < -0.4 is 10.1 Å². The van der Waals surface area contributed by atoms with Gasteiger partial charge >= 0.3 is 0 Å². The van der Waals surface area contributed by atoms with Crippen LogP contribution in [0, 0.1) is 0 Å². The normalized spacial score (nSPS) is 10.9. The molecule has 6 heteroatoms. The Balaban J connectivity index is 1.46. The van der Waals surface area contributed by atoms with Crippen molar-refractivity contribution < 1.29 is 9.53 Å². The Labute approximate surface area is 174 Å². The minimum Gasteiger partial charge on any atom is -0.492 e. The van der Waals surface area contributed by atoms with Gasteiger partial charge in [0.15, 0.2) is 0 Å². The Hall–Kier alpha value is -3.12. The molecule has 29 heavy (non-hydrogen) atoms. The minimum absolute atomic E-state index is 0.0779. The molecule has 4 aromatic rings. The van der Waals surface area contributed by atoms with E-state index in [1.165, 1.54) is 16.9 Å². The lowest BCUT2D eigenvalue weighted by molar-refractivity contribution is 0.0953. The molecule has 148 valence electrons. The van der Waals surface area contributed by atoms with E-state index < -0.39 is 0 Å². The van der Waals surface area contributed by atoms with Crippen LogP contribution in [0.15, 0.2) is 66.0 Å². The number of nitrogens with one attached hydrogen (secondary N) is 1. The lowest BCUT2D eigenvalue weighted by Crippen LogP contribution is -2.24. The largest absolute Gasteiger partial charge is 0.492 e. The number of amides is 1. The van der Waals surface area contributed by atoms with Crippen LogP contribution in [-0.2, 0) is 19.5 Å². The fraction of sp³-hybridized carbons (Fsp3) is 0.217. The molecular formula is C23H23N3O2S. The third kappa shape index (κ3) is 4.49. The molecule has 0 radical (unpaired) electrons. The monoisotopic (exact) mass is 405 g/mol. The first-order valence-corrected chi connectivity index (χ1v) is 10.6. The van der Waals surface area contributed by atoms with Crippen LogP contribution >= 0.6 is 11.3 Å². The summed E-state index contributed by atoms with van der Waals surface area (Å²) in [4.78, 5) is 17.7. The molecular weight excluding hydrogens is 382 g/mol. The second kappa shape index (κ2) is 8.92. The van der Waals surface area contributed by atoms with E-state index in [0.29, 0.717) is 24.6 Å². The van der Waals surface area contributed by atoms with Crippen molar-refractivity contribution in [1.29, 1.82) is 0 Å². The Bertz CT molecular complexity index is 1090. The molecule has 0 unspecified atom stereocenters. The van der Waals surface area contributed by atoms with E-state index in [1.54, 1.807) is 0 Å². The van der Waals surface area contributed by atoms with Crippen LogP contribution in [0.25, 0.3) is 11.0 Å². The van der Waals surface area contributed by atoms with Crippen LogP contribution in [0.3, 0.4) is 0 Å². The first-order valence-electron chi connectivity index (χ1n) is 9.72. The highest BCUT2D eigenvalue weighted by atomic mass is 32.1. The molecule has 0 aliphatic rings. The summed E-state index contributed by atoms with van der Waals surface area (Å²) >= 11 is 1.43. The SMILES string of the molecule is CCc1ccc(OCCn2c(CNC(=O)c3cccs3)nc3ccccc32)cc1. The summed E-state index contributed by atoms with van der Waals surface area (Å²) in [6.45, 7) is 3.69. The van der Waals surface area contributed by atoms with Crippen LogP contribution in [0.4, 0.5) is 0 Å². The maximum atomic E-state index is 12.3. The molecule has 0 atom stereocenters. The Kier molecular flexibility index (Phi) is 5.91. The zero-order valence-corrected chi connectivity index (χ0v) is 17.1. The molecule has 0 aliphatic heterocycles. The van der Waals surface area contributed by atoms with Crippen molar-refractivity contribution in [2.24, 2.45) is 0 Å². The number of aromatic nitrogens is 2. The van der Waals surface area contributed by atoms with Gasteiger partial charge in [0.25, 0.3) is 5.91 Å². The summed E-state index contributed by atoms with van der Waals surface area (Å²) in [6, 6.07) is 19.9. The van der Waals surface area contributed by atoms with Gasteiger partial charge in [-0.3, -0.25) is 4.79 Å². The van der Waals surface area contributed by atoms with Gasteiger partial charge in [0.05, 0.1) is 29.0 Å². The number of para-hydroxylation sites is 2. The van der Waals surface area contributed by atoms with Gasteiger partial charge in [-0.1, -0.05) is 37.3 Å². The highest BCUT2D eigenvalue weighted by molar-refractivity contribution is 7.12. The predicted molar refractivity (Wildman–Crippen MR) is 117 cm³/mol. The summed E-state index contributed by atoms with van der Waals surface area (Å²) in [5.41, 5.74) is 3.25. The van der Waals surface area contributed by atoms with Crippen LogP contribution in [0.2, 0.25) is 0 Å². The van der Waals surface area contributed by atoms with E-state index in [4.69, 9.17) is 9.72 Å². The smallest absolute Gasteiger partial charge is 0.261 e. The van der Waals surface area contributed by atoms with Crippen molar-refractivity contribution in [2.75, 3.05) is 6.61 Å². The number of nitrogens with zero attached hydrogens (tertiary/aromatic N) is 2. The Morgan fingerprint density at radius 2 is 1.93 bits per heavy atom. The van der Waals surface area contributed by atoms with Crippen LogP contribution in [-0.4, -0.2) is 22.1 Å². The lowest BCUT2D eigenvalue weighted by atomic mass is 10.2. The Morgan fingerprint density at radius 3 is 2.69 bits per heavy atom. The molecule has 0 saturated carbocycles. The molecule has 5 nitrogen and oxygen atoms in total. The summed E-state index contributed by atoms with van der Waals surface area (Å²) in [7, 11) is 0. The van der Waals surface area contributed by atoms with Crippen molar-refractivity contribution in [3.63, 3.8) is 0 Å². The summed E-state index contributed by atoms with van der Waals surface area (Å²) in [5, 5.41) is 4.87. The average molecular weight is 406 g/mol. The molecule has 2 aromatic heterocycles. The van der Waals surface area contributed by atoms with Gasteiger partial charge in [-0.25, -0.2) is 4.98 Å². The first kappa shape index (κ1) is 19.2. The number of thiophene rings is 1. The summed E-state index contributed by atoms with van der Waals surface area (Å²) < 4.78 is 8.05. The second-order valence-electron chi connectivity index (χ2n) is 6.67. The van der Waals surface area contributed by atoms with Gasteiger partial charge in [0.1, 0.15) is 18.2 Å². The number of fused-ring (bicyclic) bond motifs is 1. The van der Waals surface area contributed by atoms with Gasteiger partial charge in [-0.2, -0.15) is 0 Å². The second-order valence-corrected chi connectivity index (χ2v) is 7.62. The molecule has 0 bridgehead atoms. The molecule has 0 fully saturated rings. The fourth-order valence-electron chi connectivity index (χ4n) is 3.24. The third-order valence-corrected chi connectivity index (χ3v) is 5.67. The fourth-order valence-corrected chi connectivity index (χ4v) is 3.88. The summed E-state index contributed by atoms with van der Waals surface area (Å²) in [6.07, 6.45) is 1.02. The van der Waals surface area contributed by atoms with Gasteiger partial charge in [-0.05, 0) is 47.7 Å². The number of carbonyl (C=O) groups excluding carboxylic acids is 1. The Morgan fingerprint density at radius 1 is 1.10 bits per heavy atom. The van der Waals surface area contributed by atoms with Gasteiger partial charge in [-0.15, -0.1) is 11.3 Å². The van der Waals surface area contributed by atoms with Gasteiger partial charge in [0.2, 0.25) is 0 Å². The number of hydrogen-bond donors (Lipinski definition) is 1.